The van der Waals surface area contributed by atoms with Gasteiger partial charge in [-0.25, -0.2) is 0 Å². The van der Waals surface area contributed by atoms with E-state index in [-0.39, 0.29) is 6.04 Å². The molecular weight excluding hydrogens is 232 g/mol. The van der Waals surface area contributed by atoms with Crippen molar-refractivity contribution in [1.29, 1.82) is 0 Å². The van der Waals surface area contributed by atoms with E-state index in [1.165, 1.54) is 27.8 Å². The molecule has 2 heteroatoms. The summed E-state index contributed by atoms with van der Waals surface area (Å²) in [6, 6.07) is 15.3. The van der Waals surface area contributed by atoms with E-state index in [1.54, 1.807) is 0 Å². The lowest BCUT2D eigenvalue weighted by atomic mass is 9.96. The monoisotopic (exact) mass is 254 g/mol. The minimum absolute atomic E-state index is 0.153. The van der Waals surface area contributed by atoms with Crippen LogP contribution in [0.3, 0.4) is 0 Å². The highest BCUT2D eigenvalue weighted by Gasteiger charge is 2.11. The van der Waals surface area contributed by atoms with Crippen molar-refractivity contribution in [2.24, 2.45) is 5.84 Å². The van der Waals surface area contributed by atoms with E-state index in [0.717, 1.165) is 6.42 Å². The molecule has 2 aromatic rings. The Morgan fingerprint density at radius 2 is 1.63 bits per heavy atom. The molecule has 0 saturated heterocycles. The van der Waals surface area contributed by atoms with Gasteiger partial charge < -0.3 is 0 Å². The molecule has 0 fully saturated rings. The van der Waals surface area contributed by atoms with Crippen molar-refractivity contribution in [2.75, 3.05) is 0 Å². The van der Waals surface area contributed by atoms with Gasteiger partial charge in [0.05, 0.1) is 0 Å². The number of hydrazine groups is 1. The van der Waals surface area contributed by atoms with E-state index in [2.05, 4.69) is 68.7 Å². The third kappa shape index (κ3) is 3.66. The van der Waals surface area contributed by atoms with Crippen LogP contribution in [0.2, 0.25) is 0 Å². The molecular formula is C17H22N2. The van der Waals surface area contributed by atoms with E-state index in [9.17, 15) is 0 Å². The lowest BCUT2D eigenvalue weighted by Gasteiger charge is -2.18. The molecule has 0 bridgehead atoms. The van der Waals surface area contributed by atoms with Gasteiger partial charge in [0, 0.05) is 6.04 Å². The van der Waals surface area contributed by atoms with Gasteiger partial charge in [-0.3, -0.25) is 11.3 Å². The zero-order valence-electron chi connectivity index (χ0n) is 11.9. The van der Waals surface area contributed by atoms with E-state index in [1.807, 2.05) is 0 Å². The predicted molar refractivity (Wildman–Crippen MR) is 80.9 cm³/mol. The maximum atomic E-state index is 5.74. The van der Waals surface area contributed by atoms with Crippen LogP contribution < -0.4 is 11.3 Å². The van der Waals surface area contributed by atoms with Crippen LogP contribution in [0.5, 0.6) is 0 Å². The first-order valence-electron chi connectivity index (χ1n) is 6.68. The van der Waals surface area contributed by atoms with Crippen molar-refractivity contribution in [1.82, 2.24) is 5.43 Å². The van der Waals surface area contributed by atoms with Gasteiger partial charge in [-0.05, 0) is 38.3 Å². The Morgan fingerprint density at radius 3 is 2.21 bits per heavy atom. The fourth-order valence-corrected chi connectivity index (χ4v) is 2.56. The fraction of sp³-hybridized carbons (Fsp3) is 0.294. The Hall–Kier alpha value is -1.64. The Morgan fingerprint density at radius 1 is 0.947 bits per heavy atom. The van der Waals surface area contributed by atoms with Crippen LogP contribution in [-0.2, 0) is 6.42 Å². The van der Waals surface area contributed by atoms with Gasteiger partial charge in [-0.15, -0.1) is 0 Å². The summed E-state index contributed by atoms with van der Waals surface area (Å²) in [5.74, 6) is 5.74. The minimum Gasteiger partial charge on any atom is -0.271 e. The van der Waals surface area contributed by atoms with Gasteiger partial charge in [0.25, 0.3) is 0 Å². The van der Waals surface area contributed by atoms with Crippen LogP contribution in [0.25, 0.3) is 0 Å². The average molecular weight is 254 g/mol. The number of benzene rings is 2. The number of rotatable bonds is 4. The van der Waals surface area contributed by atoms with Gasteiger partial charge in [-0.1, -0.05) is 59.2 Å². The lowest BCUT2D eigenvalue weighted by Crippen LogP contribution is -2.29. The number of nitrogens with two attached hydrogens (primary N) is 1. The van der Waals surface area contributed by atoms with Crippen molar-refractivity contribution in [3.63, 3.8) is 0 Å². The molecule has 0 saturated carbocycles. The molecule has 3 N–H and O–H groups in total. The highest BCUT2D eigenvalue weighted by Crippen LogP contribution is 2.21. The molecule has 100 valence electrons. The Labute approximate surface area is 115 Å². The van der Waals surface area contributed by atoms with Gasteiger partial charge >= 0.3 is 0 Å². The van der Waals surface area contributed by atoms with Crippen molar-refractivity contribution >= 4 is 0 Å². The van der Waals surface area contributed by atoms with Crippen LogP contribution in [0.15, 0.2) is 42.5 Å². The molecule has 2 nitrogen and oxygen atoms in total. The van der Waals surface area contributed by atoms with Crippen molar-refractivity contribution in [3.05, 3.63) is 70.3 Å². The Balaban J connectivity index is 2.24. The normalized spacial score (nSPS) is 12.4. The van der Waals surface area contributed by atoms with Gasteiger partial charge in [0.2, 0.25) is 0 Å². The lowest BCUT2D eigenvalue weighted by molar-refractivity contribution is 0.551. The molecule has 0 heterocycles. The third-order valence-electron chi connectivity index (χ3n) is 3.37. The molecule has 0 aliphatic rings. The molecule has 19 heavy (non-hydrogen) atoms. The van der Waals surface area contributed by atoms with Gasteiger partial charge in [0.1, 0.15) is 0 Å². The minimum atomic E-state index is 0.153. The van der Waals surface area contributed by atoms with Crippen molar-refractivity contribution in [2.45, 2.75) is 33.2 Å². The first-order chi connectivity index (χ1) is 9.08. The molecule has 0 aliphatic carbocycles. The van der Waals surface area contributed by atoms with Crippen LogP contribution in [0.1, 0.15) is 33.9 Å². The largest absolute Gasteiger partial charge is 0.271 e. The highest BCUT2D eigenvalue weighted by atomic mass is 15.2. The van der Waals surface area contributed by atoms with Crippen LogP contribution >= 0.6 is 0 Å². The topological polar surface area (TPSA) is 38.0 Å². The third-order valence-corrected chi connectivity index (χ3v) is 3.37. The predicted octanol–water partition coefficient (Wildman–Crippen LogP) is 3.36. The summed E-state index contributed by atoms with van der Waals surface area (Å²) in [5, 5.41) is 0. The average Bonchev–Trinajstić information content (AvgIpc) is 2.34. The van der Waals surface area contributed by atoms with Gasteiger partial charge in [-0.2, -0.15) is 0 Å². The number of hydrogen-bond donors (Lipinski definition) is 2. The summed E-state index contributed by atoms with van der Waals surface area (Å²) in [6.45, 7) is 6.36. The second-order valence-corrected chi connectivity index (χ2v) is 5.33. The zero-order chi connectivity index (χ0) is 13.8. The number of nitrogens with one attached hydrogen (secondary N) is 1. The SMILES string of the molecule is Cc1cccc(CC(NN)c2cc(C)cc(C)c2)c1. The number of hydrogen-bond acceptors (Lipinski definition) is 2. The van der Waals surface area contributed by atoms with Crippen molar-refractivity contribution in [3.8, 4) is 0 Å². The fourth-order valence-electron chi connectivity index (χ4n) is 2.56. The summed E-state index contributed by atoms with van der Waals surface area (Å²) in [5.41, 5.74) is 9.34. The van der Waals surface area contributed by atoms with E-state index in [0.29, 0.717) is 0 Å². The second kappa shape index (κ2) is 6.00. The zero-order valence-corrected chi connectivity index (χ0v) is 11.9. The quantitative estimate of drug-likeness (QED) is 0.648. The molecule has 1 unspecified atom stereocenters. The molecule has 0 aromatic heterocycles. The molecule has 2 rings (SSSR count). The van der Waals surface area contributed by atoms with E-state index >= 15 is 0 Å². The summed E-state index contributed by atoms with van der Waals surface area (Å²) >= 11 is 0. The highest BCUT2D eigenvalue weighted by molar-refractivity contribution is 5.32. The maximum absolute atomic E-state index is 5.74. The van der Waals surface area contributed by atoms with Gasteiger partial charge in [0.15, 0.2) is 0 Å². The molecule has 0 radical (unpaired) electrons. The molecule has 1 atom stereocenters. The van der Waals surface area contributed by atoms with Crippen LogP contribution in [0.4, 0.5) is 0 Å². The van der Waals surface area contributed by atoms with Crippen molar-refractivity contribution < 1.29 is 0 Å². The summed E-state index contributed by atoms with van der Waals surface area (Å²) in [4.78, 5) is 0. The molecule has 0 spiro atoms. The smallest absolute Gasteiger partial charge is 0.0500 e. The number of aryl methyl sites for hydroxylation is 3. The Kier molecular flexibility index (Phi) is 4.35. The second-order valence-electron chi connectivity index (χ2n) is 5.33. The van der Waals surface area contributed by atoms with E-state index in [4.69, 9.17) is 5.84 Å². The Bertz CT molecular complexity index is 541. The summed E-state index contributed by atoms with van der Waals surface area (Å²) in [6.07, 6.45) is 0.904. The molecule has 0 aliphatic heterocycles. The summed E-state index contributed by atoms with van der Waals surface area (Å²) < 4.78 is 0. The summed E-state index contributed by atoms with van der Waals surface area (Å²) in [7, 11) is 0. The first kappa shape index (κ1) is 13.8. The molecule has 0 amide bonds. The first-order valence-corrected chi connectivity index (χ1v) is 6.68. The van der Waals surface area contributed by atoms with Crippen LogP contribution in [0, 0.1) is 20.8 Å². The molecule has 2 aromatic carbocycles. The van der Waals surface area contributed by atoms with Crippen LogP contribution in [-0.4, -0.2) is 0 Å². The maximum Gasteiger partial charge on any atom is 0.0500 e. The standard InChI is InChI=1S/C17H22N2/c1-12-5-4-6-15(8-12)11-17(19-18)16-9-13(2)7-14(3)10-16/h4-10,17,19H,11,18H2,1-3H3. The van der Waals surface area contributed by atoms with E-state index < -0.39 is 0 Å².